The molecule has 0 saturated heterocycles. The van der Waals surface area contributed by atoms with Gasteiger partial charge in [0.25, 0.3) is 5.91 Å². The number of aromatic nitrogens is 2. The zero-order chi connectivity index (χ0) is 16.9. The topological polar surface area (TPSA) is 80.0 Å². The van der Waals surface area contributed by atoms with Gasteiger partial charge in [0, 0.05) is 23.6 Å². The van der Waals surface area contributed by atoms with Gasteiger partial charge in [-0.15, -0.1) is 0 Å². The van der Waals surface area contributed by atoms with Crippen LogP contribution in [0.3, 0.4) is 0 Å². The van der Waals surface area contributed by atoms with Crippen LogP contribution in [0.2, 0.25) is 0 Å². The fourth-order valence-electron chi connectivity index (χ4n) is 2.23. The van der Waals surface area contributed by atoms with Crippen LogP contribution in [-0.4, -0.2) is 16.0 Å². The van der Waals surface area contributed by atoms with Gasteiger partial charge in [0.05, 0.1) is 0 Å². The van der Waals surface area contributed by atoms with E-state index in [9.17, 15) is 4.79 Å². The number of amides is 1. The number of anilines is 3. The number of carbonyl (C=O) groups is 1. The highest BCUT2D eigenvalue weighted by molar-refractivity contribution is 6.02. The molecule has 2 heterocycles. The number of carbonyl (C=O) groups excluding carboxylic acids is 1. The first-order valence-corrected chi connectivity index (χ1v) is 7.70. The second kappa shape index (κ2) is 6.95. The highest BCUT2D eigenvalue weighted by atomic mass is 16.5. The lowest BCUT2D eigenvalue weighted by Crippen LogP contribution is -2.14. The van der Waals surface area contributed by atoms with Gasteiger partial charge >= 0.3 is 0 Å². The standard InChI is InChI=1S/C18H18N4O2/c1-3-13-4-6-14(7-5-13)20-15-8-9-19-16(11-15)18(23)21-17-10-12(2)24-22-17/h4-11H,3H2,1-2H3,(H,19,20)(H,21,22,23). The van der Waals surface area contributed by atoms with Crippen LogP contribution in [0.15, 0.2) is 53.2 Å². The number of benzene rings is 1. The van der Waals surface area contributed by atoms with Crippen molar-refractivity contribution in [2.24, 2.45) is 0 Å². The minimum absolute atomic E-state index is 0.297. The average Bonchev–Trinajstić information content (AvgIpc) is 3.00. The first kappa shape index (κ1) is 15.7. The lowest BCUT2D eigenvalue weighted by atomic mass is 10.1. The Labute approximate surface area is 139 Å². The maximum atomic E-state index is 12.2. The van der Waals surface area contributed by atoms with E-state index < -0.39 is 0 Å². The van der Waals surface area contributed by atoms with Gasteiger partial charge in [-0.3, -0.25) is 9.78 Å². The number of aryl methyl sites for hydroxylation is 2. The molecule has 3 rings (SSSR count). The van der Waals surface area contributed by atoms with E-state index in [2.05, 4.69) is 39.8 Å². The molecule has 1 aromatic carbocycles. The second-order valence-electron chi connectivity index (χ2n) is 5.38. The number of hydrogen-bond acceptors (Lipinski definition) is 5. The van der Waals surface area contributed by atoms with Gasteiger partial charge in [0.15, 0.2) is 5.82 Å². The van der Waals surface area contributed by atoms with Crippen molar-refractivity contribution in [2.75, 3.05) is 10.6 Å². The maximum Gasteiger partial charge on any atom is 0.275 e. The number of nitrogens with one attached hydrogen (secondary N) is 2. The SMILES string of the molecule is CCc1ccc(Nc2ccnc(C(=O)Nc3cc(C)on3)c2)cc1. The molecular weight excluding hydrogens is 304 g/mol. The van der Waals surface area contributed by atoms with Crippen molar-refractivity contribution in [3.05, 3.63) is 65.7 Å². The van der Waals surface area contributed by atoms with Gasteiger partial charge in [0.2, 0.25) is 0 Å². The molecule has 0 bridgehead atoms. The van der Waals surface area contributed by atoms with Crippen LogP contribution < -0.4 is 10.6 Å². The predicted molar refractivity (Wildman–Crippen MR) is 92.5 cm³/mol. The Hall–Kier alpha value is -3.15. The van der Waals surface area contributed by atoms with E-state index in [1.807, 2.05) is 18.2 Å². The maximum absolute atomic E-state index is 12.2. The van der Waals surface area contributed by atoms with Crippen LogP contribution in [0.4, 0.5) is 17.2 Å². The Morgan fingerprint density at radius 3 is 2.58 bits per heavy atom. The summed E-state index contributed by atoms with van der Waals surface area (Å²) in [4.78, 5) is 16.3. The van der Waals surface area contributed by atoms with Crippen molar-refractivity contribution >= 4 is 23.1 Å². The third kappa shape index (κ3) is 3.78. The molecule has 0 radical (unpaired) electrons. The fourth-order valence-corrected chi connectivity index (χ4v) is 2.23. The lowest BCUT2D eigenvalue weighted by Gasteiger charge is -2.08. The summed E-state index contributed by atoms with van der Waals surface area (Å²) >= 11 is 0. The first-order chi connectivity index (χ1) is 11.6. The minimum atomic E-state index is -0.340. The highest BCUT2D eigenvalue weighted by Gasteiger charge is 2.11. The van der Waals surface area contributed by atoms with E-state index in [1.54, 1.807) is 25.3 Å². The van der Waals surface area contributed by atoms with Crippen molar-refractivity contribution in [1.82, 2.24) is 10.1 Å². The summed E-state index contributed by atoms with van der Waals surface area (Å²) in [5.74, 6) is 0.658. The van der Waals surface area contributed by atoms with Crippen molar-refractivity contribution < 1.29 is 9.32 Å². The molecule has 0 aliphatic heterocycles. The van der Waals surface area contributed by atoms with Crippen molar-refractivity contribution in [3.63, 3.8) is 0 Å². The van der Waals surface area contributed by atoms with Gasteiger partial charge in [-0.25, -0.2) is 0 Å². The molecule has 2 aromatic heterocycles. The van der Waals surface area contributed by atoms with Crippen LogP contribution >= 0.6 is 0 Å². The third-order valence-corrected chi connectivity index (χ3v) is 3.51. The fraction of sp³-hybridized carbons (Fsp3) is 0.167. The third-order valence-electron chi connectivity index (χ3n) is 3.51. The molecule has 0 atom stereocenters. The monoisotopic (exact) mass is 322 g/mol. The molecule has 0 saturated carbocycles. The summed E-state index contributed by atoms with van der Waals surface area (Å²) < 4.78 is 4.93. The van der Waals surface area contributed by atoms with Crippen LogP contribution in [-0.2, 0) is 6.42 Å². The molecule has 0 aliphatic rings. The molecule has 6 nitrogen and oxygen atoms in total. The Balaban J connectivity index is 1.72. The highest BCUT2D eigenvalue weighted by Crippen LogP contribution is 2.18. The molecular formula is C18H18N4O2. The minimum Gasteiger partial charge on any atom is -0.360 e. The molecule has 6 heteroatoms. The molecule has 3 aromatic rings. The van der Waals surface area contributed by atoms with E-state index in [-0.39, 0.29) is 5.91 Å². The second-order valence-corrected chi connectivity index (χ2v) is 5.38. The molecule has 1 amide bonds. The van der Waals surface area contributed by atoms with Gasteiger partial charge in [-0.1, -0.05) is 24.2 Å². The molecule has 122 valence electrons. The van der Waals surface area contributed by atoms with Crippen LogP contribution in [0.1, 0.15) is 28.7 Å². The molecule has 0 unspecified atom stereocenters. The zero-order valence-electron chi connectivity index (χ0n) is 13.5. The number of nitrogens with zero attached hydrogens (tertiary/aromatic N) is 2. The van der Waals surface area contributed by atoms with E-state index in [1.165, 1.54) is 5.56 Å². The van der Waals surface area contributed by atoms with E-state index >= 15 is 0 Å². The number of rotatable bonds is 5. The Morgan fingerprint density at radius 2 is 1.92 bits per heavy atom. The summed E-state index contributed by atoms with van der Waals surface area (Å²) in [7, 11) is 0. The van der Waals surface area contributed by atoms with E-state index in [0.717, 1.165) is 17.8 Å². The Kier molecular flexibility index (Phi) is 4.56. The predicted octanol–water partition coefficient (Wildman–Crippen LogP) is 3.94. The van der Waals surface area contributed by atoms with Crippen molar-refractivity contribution in [2.45, 2.75) is 20.3 Å². The molecule has 24 heavy (non-hydrogen) atoms. The normalized spacial score (nSPS) is 10.4. The summed E-state index contributed by atoms with van der Waals surface area (Å²) in [6.45, 7) is 3.88. The summed E-state index contributed by atoms with van der Waals surface area (Å²) in [5, 5.41) is 9.65. The molecule has 0 fully saturated rings. The summed E-state index contributed by atoms with van der Waals surface area (Å²) in [6.07, 6.45) is 2.59. The smallest absolute Gasteiger partial charge is 0.275 e. The molecule has 0 spiro atoms. The molecule has 2 N–H and O–H groups in total. The van der Waals surface area contributed by atoms with Gasteiger partial charge in [-0.05, 0) is 43.2 Å². The zero-order valence-corrected chi connectivity index (χ0v) is 13.5. The molecule has 0 aliphatic carbocycles. The van der Waals surface area contributed by atoms with Crippen molar-refractivity contribution in [3.8, 4) is 0 Å². The summed E-state index contributed by atoms with van der Waals surface area (Å²) in [6, 6.07) is 13.3. The van der Waals surface area contributed by atoms with Gasteiger partial charge < -0.3 is 15.2 Å². The van der Waals surface area contributed by atoms with Crippen LogP contribution in [0.5, 0.6) is 0 Å². The van der Waals surface area contributed by atoms with Crippen LogP contribution in [0, 0.1) is 6.92 Å². The van der Waals surface area contributed by atoms with Gasteiger partial charge in [-0.2, -0.15) is 0 Å². The summed E-state index contributed by atoms with van der Waals surface area (Å²) in [5.41, 5.74) is 3.32. The Morgan fingerprint density at radius 1 is 1.12 bits per heavy atom. The quantitative estimate of drug-likeness (QED) is 0.744. The Bertz CT molecular complexity index is 840. The van der Waals surface area contributed by atoms with E-state index in [0.29, 0.717) is 17.3 Å². The lowest BCUT2D eigenvalue weighted by molar-refractivity contribution is 0.102. The van der Waals surface area contributed by atoms with Crippen molar-refractivity contribution in [1.29, 1.82) is 0 Å². The van der Waals surface area contributed by atoms with Gasteiger partial charge in [0.1, 0.15) is 11.5 Å². The first-order valence-electron chi connectivity index (χ1n) is 7.70. The van der Waals surface area contributed by atoms with Crippen LogP contribution in [0.25, 0.3) is 0 Å². The average molecular weight is 322 g/mol. The number of hydrogen-bond donors (Lipinski definition) is 2. The van der Waals surface area contributed by atoms with E-state index in [4.69, 9.17) is 4.52 Å². The largest absolute Gasteiger partial charge is 0.360 e. The number of pyridine rings is 1.